The first-order chi connectivity index (χ1) is 10.5. The van der Waals surface area contributed by atoms with Gasteiger partial charge in [-0.2, -0.15) is 0 Å². The summed E-state index contributed by atoms with van der Waals surface area (Å²) < 4.78 is 32.9. The number of aliphatic carboxylic acids is 1. The predicted octanol–water partition coefficient (Wildman–Crippen LogP) is 3.26. The van der Waals surface area contributed by atoms with Crippen molar-refractivity contribution in [2.24, 2.45) is 0 Å². The Kier molecular flexibility index (Phi) is 5.04. The average molecular weight is 307 g/mol. The molecule has 0 aliphatic carbocycles. The Morgan fingerprint density at radius 2 is 1.95 bits per heavy atom. The highest BCUT2D eigenvalue weighted by atomic mass is 19.1. The maximum atomic E-state index is 13.9. The zero-order valence-corrected chi connectivity index (χ0v) is 12.0. The lowest BCUT2D eigenvalue weighted by molar-refractivity contribution is -0.136. The fraction of sp³-hybridized carbons (Fsp3) is 0.250. The van der Waals surface area contributed by atoms with Crippen molar-refractivity contribution in [1.82, 2.24) is 4.98 Å². The van der Waals surface area contributed by atoms with Crippen LogP contribution in [0.4, 0.5) is 8.78 Å². The quantitative estimate of drug-likeness (QED) is 0.890. The zero-order chi connectivity index (χ0) is 16.1. The summed E-state index contributed by atoms with van der Waals surface area (Å²) in [5, 5.41) is 8.58. The Morgan fingerprint density at radius 1 is 1.27 bits per heavy atom. The minimum Gasteiger partial charge on any atom is -0.481 e. The number of hydrogen-bond acceptors (Lipinski definition) is 3. The topological polar surface area (TPSA) is 59.4 Å². The second kappa shape index (κ2) is 6.98. The minimum atomic E-state index is -1.02. The Hall–Kier alpha value is -2.50. The van der Waals surface area contributed by atoms with Gasteiger partial charge < -0.3 is 9.84 Å². The number of halogens is 2. The van der Waals surface area contributed by atoms with Crippen LogP contribution in [0.25, 0.3) is 0 Å². The SMILES string of the molecule is Cc1cccc(COc2c(F)cc(CCC(=O)O)cc2F)n1. The van der Waals surface area contributed by atoms with Gasteiger partial charge in [-0.05, 0) is 43.2 Å². The van der Waals surface area contributed by atoms with E-state index in [4.69, 9.17) is 9.84 Å². The van der Waals surface area contributed by atoms with E-state index in [1.165, 1.54) is 0 Å². The van der Waals surface area contributed by atoms with Crippen LogP contribution in [0.2, 0.25) is 0 Å². The van der Waals surface area contributed by atoms with E-state index in [1.807, 2.05) is 13.0 Å². The number of nitrogens with zero attached hydrogens (tertiary/aromatic N) is 1. The molecule has 0 bridgehead atoms. The van der Waals surface area contributed by atoms with Crippen molar-refractivity contribution >= 4 is 5.97 Å². The van der Waals surface area contributed by atoms with Crippen LogP contribution in [-0.4, -0.2) is 16.1 Å². The Labute approximate surface area is 126 Å². The van der Waals surface area contributed by atoms with Gasteiger partial charge in [-0.15, -0.1) is 0 Å². The molecule has 116 valence electrons. The minimum absolute atomic E-state index is 0.0516. The van der Waals surface area contributed by atoms with Gasteiger partial charge in [0.2, 0.25) is 0 Å². The largest absolute Gasteiger partial charge is 0.481 e. The molecule has 0 aliphatic rings. The number of hydrogen-bond donors (Lipinski definition) is 1. The molecule has 0 spiro atoms. The molecule has 2 rings (SSSR count). The standard InChI is InChI=1S/C16H15F2NO3/c1-10-3-2-4-12(19-10)9-22-16-13(17)7-11(8-14(16)18)5-6-15(20)21/h2-4,7-8H,5-6,9H2,1H3,(H,20,21). The molecule has 0 fully saturated rings. The summed E-state index contributed by atoms with van der Waals surface area (Å²) in [5.74, 6) is -3.21. The molecule has 22 heavy (non-hydrogen) atoms. The van der Waals surface area contributed by atoms with E-state index < -0.39 is 23.4 Å². The first kappa shape index (κ1) is 15.9. The average Bonchev–Trinajstić information content (AvgIpc) is 2.44. The second-order valence-electron chi connectivity index (χ2n) is 4.84. The highest BCUT2D eigenvalue weighted by Gasteiger charge is 2.14. The van der Waals surface area contributed by atoms with Gasteiger partial charge in [0.05, 0.1) is 5.69 Å². The number of pyridine rings is 1. The van der Waals surface area contributed by atoms with Gasteiger partial charge in [0.1, 0.15) is 6.61 Å². The third-order valence-corrected chi connectivity index (χ3v) is 3.00. The van der Waals surface area contributed by atoms with Crippen molar-refractivity contribution in [2.75, 3.05) is 0 Å². The molecule has 0 amide bonds. The number of aromatic nitrogens is 1. The Bertz CT molecular complexity index is 666. The van der Waals surface area contributed by atoms with Crippen molar-refractivity contribution < 1.29 is 23.4 Å². The number of carbonyl (C=O) groups is 1. The maximum Gasteiger partial charge on any atom is 0.303 e. The highest BCUT2D eigenvalue weighted by molar-refractivity contribution is 5.67. The van der Waals surface area contributed by atoms with E-state index >= 15 is 0 Å². The fourth-order valence-electron chi connectivity index (χ4n) is 1.97. The van der Waals surface area contributed by atoms with Crippen LogP contribution in [-0.2, 0) is 17.8 Å². The molecular formula is C16H15F2NO3. The van der Waals surface area contributed by atoms with E-state index in [1.54, 1.807) is 12.1 Å². The van der Waals surface area contributed by atoms with Crippen molar-refractivity contribution in [3.05, 3.63) is 58.9 Å². The van der Waals surface area contributed by atoms with E-state index in [2.05, 4.69) is 4.98 Å². The van der Waals surface area contributed by atoms with E-state index in [0.29, 0.717) is 5.69 Å². The van der Waals surface area contributed by atoms with Crippen LogP contribution in [0.1, 0.15) is 23.4 Å². The molecule has 0 aliphatic heterocycles. The lowest BCUT2D eigenvalue weighted by Crippen LogP contribution is -2.04. The summed E-state index contributed by atoms with van der Waals surface area (Å²) in [7, 11) is 0. The van der Waals surface area contributed by atoms with E-state index in [9.17, 15) is 13.6 Å². The normalized spacial score (nSPS) is 10.5. The third kappa shape index (κ3) is 4.25. The number of ether oxygens (including phenoxy) is 1. The van der Waals surface area contributed by atoms with Crippen molar-refractivity contribution in [3.63, 3.8) is 0 Å². The summed E-state index contributed by atoms with van der Waals surface area (Å²) >= 11 is 0. The number of rotatable bonds is 6. The monoisotopic (exact) mass is 307 g/mol. The summed E-state index contributed by atoms with van der Waals surface area (Å²) in [6, 6.07) is 7.46. The number of benzene rings is 1. The van der Waals surface area contributed by atoms with E-state index in [0.717, 1.165) is 17.8 Å². The number of carboxylic acid groups (broad SMARTS) is 1. The van der Waals surface area contributed by atoms with Crippen LogP contribution in [0, 0.1) is 18.6 Å². The van der Waals surface area contributed by atoms with Gasteiger partial charge in [0.15, 0.2) is 17.4 Å². The van der Waals surface area contributed by atoms with Crippen molar-refractivity contribution in [1.29, 1.82) is 0 Å². The first-order valence-corrected chi connectivity index (χ1v) is 6.71. The molecule has 1 aromatic heterocycles. The van der Waals surface area contributed by atoms with Gasteiger partial charge in [-0.3, -0.25) is 9.78 Å². The third-order valence-electron chi connectivity index (χ3n) is 3.00. The molecule has 6 heteroatoms. The van der Waals surface area contributed by atoms with Gasteiger partial charge in [0, 0.05) is 12.1 Å². The summed E-state index contributed by atoms with van der Waals surface area (Å²) in [6.07, 6.45) is -0.130. The predicted molar refractivity (Wildman–Crippen MR) is 75.6 cm³/mol. The molecule has 1 aromatic carbocycles. The zero-order valence-electron chi connectivity index (χ0n) is 12.0. The Balaban J connectivity index is 2.09. The van der Waals surface area contributed by atoms with E-state index in [-0.39, 0.29) is 25.0 Å². The summed E-state index contributed by atoms with van der Waals surface area (Å²) in [4.78, 5) is 14.7. The summed E-state index contributed by atoms with van der Waals surface area (Å²) in [5.41, 5.74) is 1.62. The van der Waals surface area contributed by atoms with Gasteiger partial charge in [0.25, 0.3) is 0 Å². The molecule has 2 aromatic rings. The van der Waals surface area contributed by atoms with Gasteiger partial charge >= 0.3 is 5.97 Å². The molecule has 0 unspecified atom stereocenters. The lowest BCUT2D eigenvalue weighted by atomic mass is 10.1. The van der Waals surface area contributed by atoms with Crippen LogP contribution < -0.4 is 4.74 Å². The van der Waals surface area contributed by atoms with Crippen LogP contribution in [0.5, 0.6) is 5.75 Å². The number of aryl methyl sites for hydroxylation is 2. The summed E-state index contributed by atoms with van der Waals surface area (Å²) in [6.45, 7) is 1.76. The molecule has 4 nitrogen and oxygen atoms in total. The number of carboxylic acids is 1. The lowest BCUT2D eigenvalue weighted by Gasteiger charge is -2.10. The molecule has 0 radical (unpaired) electrons. The van der Waals surface area contributed by atoms with Gasteiger partial charge in [-0.1, -0.05) is 6.07 Å². The van der Waals surface area contributed by atoms with Crippen molar-refractivity contribution in [2.45, 2.75) is 26.4 Å². The Morgan fingerprint density at radius 3 is 2.55 bits per heavy atom. The molecule has 1 N–H and O–H groups in total. The van der Waals surface area contributed by atoms with Crippen LogP contribution in [0.15, 0.2) is 30.3 Å². The molecule has 0 atom stereocenters. The second-order valence-corrected chi connectivity index (χ2v) is 4.84. The smallest absolute Gasteiger partial charge is 0.303 e. The molecular weight excluding hydrogens is 292 g/mol. The molecule has 0 saturated carbocycles. The van der Waals surface area contributed by atoms with Crippen molar-refractivity contribution in [3.8, 4) is 5.75 Å². The van der Waals surface area contributed by atoms with Crippen LogP contribution in [0.3, 0.4) is 0 Å². The molecule has 0 saturated heterocycles. The van der Waals surface area contributed by atoms with Gasteiger partial charge in [-0.25, -0.2) is 8.78 Å². The highest BCUT2D eigenvalue weighted by Crippen LogP contribution is 2.24. The first-order valence-electron chi connectivity index (χ1n) is 6.71. The van der Waals surface area contributed by atoms with Crippen LogP contribution >= 0.6 is 0 Å². The maximum absolute atomic E-state index is 13.9. The molecule has 1 heterocycles. The fourth-order valence-corrected chi connectivity index (χ4v) is 1.97.